The number of rotatable bonds is 4. The topological polar surface area (TPSA) is 99.3 Å². The molecule has 1 aliphatic rings. The molecule has 0 spiro atoms. The Hall–Kier alpha value is -3.39. The Morgan fingerprint density at radius 1 is 1.07 bits per heavy atom. The molecule has 2 aromatic carbocycles. The van der Waals surface area contributed by atoms with Crippen molar-refractivity contribution in [2.75, 3.05) is 36.9 Å². The number of H-pyrrole nitrogens is 1. The van der Waals surface area contributed by atoms with Gasteiger partial charge in [0.2, 0.25) is 5.91 Å². The van der Waals surface area contributed by atoms with E-state index in [9.17, 15) is 9.59 Å². The summed E-state index contributed by atoms with van der Waals surface area (Å²) < 4.78 is 5.27. The van der Waals surface area contributed by atoms with Crippen LogP contribution in [0.4, 0.5) is 16.3 Å². The second kappa shape index (κ2) is 8.10. The second-order valence-corrected chi connectivity index (χ2v) is 6.57. The molecule has 0 saturated carbocycles. The third kappa shape index (κ3) is 4.12. The highest BCUT2D eigenvalue weighted by Gasteiger charge is 2.17. The number of hydrogen-bond donors (Lipinski definition) is 3. The number of nitrogens with zero attached hydrogens (tertiary/aromatic N) is 2. The van der Waals surface area contributed by atoms with Crippen LogP contribution < -0.4 is 10.6 Å². The maximum Gasteiger partial charge on any atom is 0.321 e. The maximum absolute atomic E-state index is 12.4. The number of hydrogen-bond acceptors (Lipinski definition) is 4. The molecule has 0 radical (unpaired) electrons. The fourth-order valence-electron chi connectivity index (χ4n) is 3.11. The number of nitrogens with one attached hydrogen (secondary N) is 3. The van der Waals surface area contributed by atoms with Gasteiger partial charge in [0, 0.05) is 24.2 Å². The van der Waals surface area contributed by atoms with E-state index in [0.717, 1.165) is 16.5 Å². The van der Waals surface area contributed by atoms with E-state index in [1.54, 1.807) is 17.0 Å². The van der Waals surface area contributed by atoms with Gasteiger partial charge in [0.15, 0.2) is 5.82 Å². The molecular weight excluding hydrogens is 358 g/mol. The van der Waals surface area contributed by atoms with Gasteiger partial charge < -0.3 is 20.3 Å². The molecule has 1 aromatic heterocycles. The van der Waals surface area contributed by atoms with E-state index in [1.165, 1.54) is 0 Å². The minimum atomic E-state index is -0.166. The lowest BCUT2D eigenvalue weighted by Gasteiger charge is -2.26. The number of urea groups is 1. The van der Waals surface area contributed by atoms with E-state index in [0.29, 0.717) is 37.8 Å². The fourth-order valence-corrected chi connectivity index (χ4v) is 3.11. The van der Waals surface area contributed by atoms with Gasteiger partial charge in [0.05, 0.1) is 25.2 Å². The molecule has 4 rings (SSSR count). The number of carbonyl (C=O) groups is 2. The molecule has 8 nitrogen and oxygen atoms in total. The van der Waals surface area contributed by atoms with Crippen LogP contribution in [0.3, 0.4) is 0 Å². The van der Waals surface area contributed by atoms with Crippen molar-refractivity contribution >= 4 is 34.3 Å². The van der Waals surface area contributed by atoms with Crippen LogP contribution in [0.5, 0.6) is 0 Å². The first-order valence-electron chi connectivity index (χ1n) is 9.14. The molecule has 0 unspecified atom stereocenters. The summed E-state index contributed by atoms with van der Waals surface area (Å²) in [5.41, 5.74) is 2.35. The van der Waals surface area contributed by atoms with Crippen molar-refractivity contribution < 1.29 is 14.3 Å². The minimum Gasteiger partial charge on any atom is -0.378 e. The Bertz CT molecular complexity index is 980. The fraction of sp³-hybridized carbons (Fsp3) is 0.250. The monoisotopic (exact) mass is 379 g/mol. The van der Waals surface area contributed by atoms with Crippen molar-refractivity contribution in [2.24, 2.45) is 0 Å². The van der Waals surface area contributed by atoms with Crippen molar-refractivity contribution in [1.82, 2.24) is 15.1 Å². The summed E-state index contributed by atoms with van der Waals surface area (Å²) >= 11 is 0. The summed E-state index contributed by atoms with van der Waals surface area (Å²) in [5.74, 6) is 0.292. The molecule has 8 heteroatoms. The highest BCUT2D eigenvalue weighted by Crippen LogP contribution is 2.24. The van der Waals surface area contributed by atoms with Crippen LogP contribution in [0, 0.1) is 0 Å². The number of aromatic amines is 1. The molecule has 0 aliphatic carbocycles. The van der Waals surface area contributed by atoms with Crippen LogP contribution in [0.2, 0.25) is 0 Å². The van der Waals surface area contributed by atoms with Crippen molar-refractivity contribution in [1.29, 1.82) is 0 Å². The van der Waals surface area contributed by atoms with E-state index < -0.39 is 0 Å². The Morgan fingerprint density at radius 2 is 1.86 bits per heavy atom. The van der Waals surface area contributed by atoms with Crippen molar-refractivity contribution in [3.8, 4) is 0 Å². The second-order valence-electron chi connectivity index (χ2n) is 6.57. The third-order valence-corrected chi connectivity index (χ3v) is 4.58. The minimum absolute atomic E-state index is 0.151. The van der Waals surface area contributed by atoms with Gasteiger partial charge in [0.25, 0.3) is 0 Å². The molecule has 0 bridgehead atoms. The van der Waals surface area contributed by atoms with Crippen molar-refractivity contribution in [3.63, 3.8) is 0 Å². The highest BCUT2D eigenvalue weighted by molar-refractivity contribution is 6.02. The molecule has 28 heavy (non-hydrogen) atoms. The molecule has 1 fully saturated rings. The highest BCUT2D eigenvalue weighted by atomic mass is 16.5. The third-order valence-electron chi connectivity index (χ3n) is 4.58. The number of aromatic nitrogens is 2. The largest absolute Gasteiger partial charge is 0.378 e. The number of fused-ring (bicyclic) bond motifs is 1. The number of anilines is 2. The molecule has 144 valence electrons. The molecule has 1 aliphatic heterocycles. The summed E-state index contributed by atoms with van der Waals surface area (Å²) in [7, 11) is 0. The molecular formula is C20H21N5O3. The van der Waals surface area contributed by atoms with Crippen molar-refractivity contribution in [3.05, 3.63) is 54.1 Å². The summed E-state index contributed by atoms with van der Waals surface area (Å²) in [5, 5.41) is 13.6. The number of amides is 3. The number of morpholine rings is 1. The zero-order valence-corrected chi connectivity index (χ0v) is 15.3. The van der Waals surface area contributed by atoms with E-state index in [4.69, 9.17) is 4.74 Å². The molecule has 3 amide bonds. The predicted molar refractivity (Wildman–Crippen MR) is 106 cm³/mol. The zero-order valence-electron chi connectivity index (χ0n) is 15.3. The Kier molecular flexibility index (Phi) is 5.20. The van der Waals surface area contributed by atoms with E-state index in [2.05, 4.69) is 20.8 Å². The van der Waals surface area contributed by atoms with Gasteiger partial charge in [-0.05, 0) is 23.8 Å². The van der Waals surface area contributed by atoms with Gasteiger partial charge in [-0.15, -0.1) is 0 Å². The van der Waals surface area contributed by atoms with Gasteiger partial charge in [-0.3, -0.25) is 9.89 Å². The lowest BCUT2D eigenvalue weighted by molar-refractivity contribution is -0.115. The van der Waals surface area contributed by atoms with Gasteiger partial charge in [0.1, 0.15) is 0 Å². The maximum atomic E-state index is 12.4. The van der Waals surface area contributed by atoms with Gasteiger partial charge in [-0.25, -0.2) is 4.79 Å². The van der Waals surface area contributed by atoms with E-state index in [-0.39, 0.29) is 18.4 Å². The van der Waals surface area contributed by atoms with Gasteiger partial charge in [-0.2, -0.15) is 5.10 Å². The summed E-state index contributed by atoms with van der Waals surface area (Å²) in [6.07, 6.45) is 0.267. The van der Waals surface area contributed by atoms with Gasteiger partial charge >= 0.3 is 6.03 Å². The molecule has 1 saturated heterocycles. The molecule has 2 heterocycles. The van der Waals surface area contributed by atoms with Gasteiger partial charge in [-0.1, -0.05) is 30.3 Å². The lowest BCUT2D eigenvalue weighted by Crippen LogP contribution is -2.43. The van der Waals surface area contributed by atoms with Crippen LogP contribution in [-0.4, -0.2) is 53.3 Å². The first-order chi connectivity index (χ1) is 13.7. The Balaban J connectivity index is 1.46. The number of benzene rings is 2. The van der Waals surface area contributed by atoms with Crippen LogP contribution in [0.15, 0.2) is 48.5 Å². The Morgan fingerprint density at radius 3 is 2.64 bits per heavy atom. The average molecular weight is 379 g/mol. The van der Waals surface area contributed by atoms with Crippen LogP contribution >= 0.6 is 0 Å². The zero-order chi connectivity index (χ0) is 19.3. The van der Waals surface area contributed by atoms with Crippen LogP contribution in [-0.2, 0) is 16.0 Å². The van der Waals surface area contributed by atoms with E-state index >= 15 is 0 Å². The lowest BCUT2D eigenvalue weighted by atomic mass is 10.1. The van der Waals surface area contributed by atoms with E-state index in [1.807, 2.05) is 36.4 Å². The molecule has 3 aromatic rings. The predicted octanol–water partition coefficient (Wildman–Crippen LogP) is 2.61. The quantitative estimate of drug-likeness (QED) is 0.649. The SMILES string of the molecule is O=C(Cc1ccccc1)Nc1n[nH]c2ccc(NC(=O)N3CCOCC3)cc12. The van der Waals surface area contributed by atoms with Crippen LogP contribution in [0.1, 0.15) is 5.56 Å². The molecule has 0 atom stereocenters. The summed E-state index contributed by atoms with van der Waals surface area (Å²) in [6.45, 7) is 2.23. The normalized spacial score (nSPS) is 14.1. The number of carbonyl (C=O) groups excluding carboxylic acids is 2. The summed E-state index contributed by atoms with van der Waals surface area (Å²) in [4.78, 5) is 26.4. The smallest absolute Gasteiger partial charge is 0.321 e. The first-order valence-corrected chi connectivity index (χ1v) is 9.14. The van der Waals surface area contributed by atoms with Crippen LogP contribution in [0.25, 0.3) is 10.9 Å². The number of ether oxygens (including phenoxy) is 1. The molecule has 3 N–H and O–H groups in total. The standard InChI is InChI=1S/C20H21N5O3/c26-18(12-14-4-2-1-3-5-14)22-19-16-13-15(6-7-17(16)23-24-19)21-20(27)25-8-10-28-11-9-25/h1-7,13H,8-12H2,(H,21,27)(H2,22,23,24,26). The first kappa shape index (κ1) is 18.0. The van der Waals surface area contributed by atoms with Crippen molar-refractivity contribution in [2.45, 2.75) is 6.42 Å². The summed E-state index contributed by atoms with van der Waals surface area (Å²) in [6, 6.07) is 14.8. The average Bonchev–Trinajstić information content (AvgIpc) is 3.11. The Labute approximate surface area is 161 Å².